The van der Waals surface area contributed by atoms with Crippen LogP contribution in [0.5, 0.6) is 0 Å². The monoisotopic (exact) mass is 555 g/mol. The fourth-order valence-corrected chi connectivity index (χ4v) is 3.74. The molecule has 0 bridgehead atoms. The Balaban J connectivity index is 0.00000363. The van der Waals surface area contributed by atoms with Gasteiger partial charge in [0.25, 0.3) is 0 Å². The van der Waals surface area contributed by atoms with Crippen LogP contribution in [0.2, 0.25) is 0 Å². The Kier molecular flexibility index (Phi) is 12.0. The normalized spacial score (nSPS) is 16.1. The molecular weight excluding hydrogens is 517 g/mol. The Hall–Kier alpha value is -1.65. The zero-order valence-corrected chi connectivity index (χ0v) is 21.9. The summed E-state index contributed by atoms with van der Waals surface area (Å²) < 4.78 is 13.4. The predicted octanol–water partition coefficient (Wildman–Crippen LogP) is 3.81. The van der Waals surface area contributed by atoms with Crippen LogP contribution >= 0.6 is 24.0 Å². The van der Waals surface area contributed by atoms with Gasteiger partial charge in [-0.05, 0) is 45.6 Å². The van der Waals surface area contributed by atoms with Crippen LogP contribution in [0.3, 0.4) is 0 Å². The van der Waals surface area contributed by atoms with Gasteiger partial charge < -0.3 is 20.1 Å². The lowest BCUT2D eigenvalue weighted by Gasteiger charge is -2.13. The summed E-state index contributed by atoms with van der Waals surface area (Å²) in [5.74, 6) is 0.830. The highest BCUT2D eigenvalue weighted by Gasteiger charge is 2.15. The van der Waals surface area contributed by atoms with Crippen LogP contribution in [0.4, 0.5) is 0 Å². The van der Waals surface area contributed by atoms with Gasteiger partial charge in [-0.15, -0.1) is 24.0 Å². The zero-order valence-electron chi connectivity index (χ0n) is 19.6. The van der Waals surface area contributed by atoms with Crippen molar-refractivity contribution in [2.45, 2.75) is 59.2 Å². The Bertz CT molecular complexity index is 819. The third-order valence-corrected chi connectivity index (χ3v) is 5.53. The molecule has 32 heavy (non-hydrogen) atoms. The van der Waals surface area contributed by atoms with Gasteiger partial charge in [0.15, 0.2) is 5.96 Å². The maximum Gasteiger partial charge on any atom is 0.191 e. The van der Waals surface area contributed by atoms with E-state index in [2.05, 4.69) is 60.4 Å². The van der Waals surface area contributed by atoms with E-state index in [-0.39, 0.29) is 24.0 Å². The molecule has 1 aliphatic heterocycles. The Morgan fingerprint density at radius 3 is 2.78 bits per heavy atom. The fraction of sp³-hybridized carbons (Fsp3) is 0.583. The van der Waals surface area contributed by atoms with Crippen molar-refractivity contribution in [2.24, 2.45) is 4.99 Å². The van der Waals surface area contributed by atoms with E-state index in [1.807, 2.05) is 6.07 Å². The van der Waals surface area contributed by atoms with Crippen LogP contribution in [0.1, 0.15) is 48.7 Å². The molecule has 0 saturated carbocycles. The highest BCUT2D eigenvalue weighted by atomic mass is 127. The van der Waals surface area contributed by atoms with Crippen LogP contribution in [0, 0.1) is 13.8 Å². The minimum absolute atomic E-state index is 0. The van der Waals surface area contributed by atoms with Gasteiger partial charge in [0.1, 0.15) is 0 Å². The first kappa shape index (κ1) is 26.6. The van der Waals surface area contributed by atoms with Crippen molar-refractivity contribution in [1.82, 2.24) is 20.4 Å². The van der Waals surface area contributed by atoms with Crippen molar-refractivity contribution in [3.8, 4) is 0 Å². The number of halogens is 1. The van der Waals surface area contributed by atoms with E-state index in [1.54, 1.807) is 0 Å². The van der Waals surface area contributed by atoms with Crippen LogP contribution in [-0.2, 0) is 22.6 Å². The lowest BCUT2D eigenvalue weighted by molar-refractivity contribution is 0.0168. The molecule has 1 saturated heterocycles. The van der Waals surface area contributed by atoms with E-state index in [0.717, 1.165) is 63.8 Å². The van der Waals surface area contributed by atoms with Crippen molar-refractivity contribution >= 4 is 29.9 Å². The molecule has 1 unspecified atom stereocenters. The summed E-state index contributed by atoms with van der Waals surface area (Å²) in [7, 11) is 0. The molecule has 1 aliphatic rings. The fourth-order valence-electron chi connectivity index (χ4n) is 3.74. The predicted molar refractivity (Wildman–Crippen MR) is 140 cm³/mol. The lowest BCUT2D eigenvalue weighted by atomic mass is 10.2. The number of aliphatic imine (C=N–C) groups is 1. The molecule has 1 aromatic heterocycles. The summed E-state index contributed by atoms with van der Waals surface area (Å²) in [6, 6.07) is 10.4. The number of hydrogen-bond acceptors (Lipinski definition) is 4. The highest BCUT2D eigenvalue weighted by Crippen LogP contribution is 2.16. The summed E-state index contributed by atoms with van der Waals surface area (Å²) in [5, 5.41) is 11.5. The number of guanidine groups is 1. The van der Waals surface area contributed by atoms with Crippen molar-refractivity contribution < 1.29 is 9.47 Å². The summed E-state index contributed by atoms with van der Waals surface area (Å²) in [6.07, 6.45) is 3.50. The molecule has 0 aliphatic carbocycles. The van der Waals surface area contributed by atoms with Crippen molar-refractivity contribution in [1.29, 1.82) is 0 Å². The smallest absolute Gasteiger partial charge is 0.191 e. The van der Waals surface area contributed by atoms with Gasteiger partial charge in [-0.2, -0.15) is 5.10 Å². The van der Waals surface area contributed by atoms with Crippen molar-refractivity contribution in [2.75, 3.05) is 32.9 Å². The molecule has 1 fully saturated rings. The van der Waals surface area contributed by atoms with E-state index in [0.29, 0.717) is 19.3 Å². The molecule has 1 atom stereocenters. The Morgan fingerprint density at radius 1 is 1.25 bits per heavy atom. The maximum atomic E-state index is 5.74. The van der Waals surface area contributed by atoms with Crippen LogP contribution in [0.25, 0.3) is 0 Å². The van der Waals surface area contributed by atoms with E-state index in [1.165, 1.54) is 16.8 Å². The van der Waals surface area contributed by atoms with Gasteiger partial charge in [0.05, 0.1) is 31.5 Å². The largest absolute Gasteiger partial charge is 0.379 e. The number of aryl methyl sites for hydroxylation is 1. The number of hydrogen-bond donors (Lipinski definition) is 2. The van der Waals surface area contributed by atoms with Crippen LogP contribution in [-0.4, -0.2) is 54.8 Å². The number of nitrogens with one attached hydrogen (secondary N) is 2. The van der Waals surface area contributed by atoms with Crippen LogP contribution < -0.4 is 10.6 Å². The van der Waals surface area contributed by atoms with Gasteiger partial charge in [0, 0.05) is 37.6 Å². The minimum Gasteiger partial charge on any atom is -0.379 e. The number of aromatic nitrogens is 2. The minimum atomic E-state index is 0. The standard InChI is InChI=1S/C24H37N5O2.HI/c1-4-25-24(26-13-9-14-30-18-22-12-8-15-31-22)27-16-23-19(2)28-29(20(23)3)17-21-10-6-5-7-11-21;/h5-7,10-11,22H,4,8-9,12-18H2,1-3H3,(H2,25,26,27);1H. The molecule has 0 amide bonds. The topological polar surface area (TPSA) is 72.7 Å². The van der Waals surface area contributed by atoms with Gasteiger partial charge in [-0.25, -0.2) is 4.99 Å². The summed E-state index contributed by atoms with van der Waals surface area (Å²) in [4.78, 5) is 4.79. The SMILES string of the molecule is CCNC(=NCc1c(C)nn(Cc2ccccc2)c1C)NCCCOCC1CCCO1.I. The molecule has 2 aromatic rings. The average molecular weight is 556 g/mol. The van der Waals surface area contributed by atoms with E-state index in [4.69, 9.17) is 19.6 Å². The number of rotatable bonds is 11. The third kappa shape index (κ3) is 8.37. The zero-order chi connectivity index (χ0) is 21.9. The van der Waals surface area contributed by atoms with Crippen molar-refractivity contribution in [3.63, 3.8) is 0 Å². The second kappa shape index (κ2) is 14.5. The summed E-state index contributed by atoms with van der Waals surface area (Å²) >= 11 is 0. The molecule has 1 aromatic carbocycles. The second-order valence-electron chi connectivity index (χ2n) is 7.98. The molecule has 2 N–H and O–H groups in total. The molecular formula is C24H38IN5O2. The average Bonchev–Trinajstić information content (AvgIpc) is 3.38. The molecule has 3 rings (SSSR count). The first-order valence-corrected chi connectivity index (χ1v) is 11.5. The quantitative estimate of drug-likeness (QED) is 0.191. The van der Waals surface area contributed by atoms with Gasteiger partial charge in [-0.1, -0.05) is 30.3 Å². The van der Waals surface area contributed by atoms with Crippen molar-refractivity contribution in [3.05, 3.63) is 52.8 Å². The summed E-state index contributed by atoms with van der Waals surface area (Å²) in [5.41, 5.74) is 4.65. The van der Waals surface area contributed by atoms with Gasteiger partial charge in [-0.3, -0.25) is 4.68 Å². The second-order valence-corrected chi connectivity index (χ2v) is 7.98. The number of ether oxygens (including phenoxy) is 2. The summed E-state index contributed by atoms with van der Waals surface area (Å²) in [6.45, 7) is 11.6. The molecule has 178 valence electrons. The number of nitrogens with zero attached hydrogens (tertiary/aromatic N) is 3. The molecule has 2 heterocycles. The molecule has 0 radical (unpaired) electrons. The molecule has 0 spiro atoms. The molecule has 7 nitrogen and oxygen atoms in total. The Labute approximate surface area is 209 Å². The lowest BCUT2D eigenvalue weighted by Crippen LogP contribution is -2.38. The number of benzene rings is 1. The maximum absolute atomic E-state index is 5.74. The Morgan fingerprint density at radius 2 is 2.06 bits per heavy atom. The third-order valence-electron chi connectivity index (χ3n) is 5.53. The first-order chi connectivity index (χ1) is 15.2. The van der Waals surface area contributed by atoms with E-state index < -0.39 is 0 Å². The first-order valence-electron chi connectivity index (χ1n) is 11.5. The van der Waals surface area contributed by atoms with E-state index in [9.17, 15) is 0 Å². The van der Waals surface area contributed by atoms with Gasteiger partial charge >= 0.3 is 0 Å². The van der Waals surface area contributed by atoms with E-state index >= 15 is 0 Å². The highest BCUT2D eigenvalue weighted by molar-refractivity contribution is 14.0. The van der Waals surface area contributed by atoms with Gasteiger partial charge in [0.2, 0.25) is 0 Å². The molecule has 8 heteroatoms. The van der Waals surface area contributed by atoms with Crippen LogP contribution in [0.15, 0.2) is 35.3 Å².